The minimum absolute atomic E-state index is 0.0321. The van der Waals surface area contributed by atoms with Gasteiger partial charge in [-0.15, -0.1) is 0 Å². The maximum absolute atomic E-state index is 12.8. The number of nitrogens with one attached hydrogen (secondary N) is 1. The molecule has 1 amide bonds. The van der Waals surface area contributed by atoms with Crippen LogP contribution in [0, 0.1) is 5.92 Å². The molecule has 0 aliphatic carbocycles. The predicted octanol–water partition coefficient (Wildman–Crippen LogP) is 4.45. The van der Waals surface area contributed by atoms with Crippen LogP contribution in [0.2, 0.25) is 5.02 Å². The number of carbonyl (C=O) groups excluding carboxylic acids is 1. The zero-order valence-corrected chi connectivity index (χ0v) is 18.0. The van der Waals surface area contributed by atoms with Gasteiger partial charge in [-0.2, -0.15) is 0 Å². The fraction of sp³-hybridized carbons (Fsp3) is 0.435. The topological polar surface area (TPSA) is 50.8 Å². The van der Waals surface area contributed by atoms with Gasteiger partial charge in [-0.3, -0.25) is 9.69 Å². The van der Waals surface area contributed by atoms with Gasteiger partial charge in [0, 0.05) is 23.0 Å². The maximum atomic E-state index is 12.8. The minimum Gasteiger partial charge on any atom is -0.497 e. The Hall–Kier alpha value is -2.24. The van der Waals surface area contributed by atoms with Crippen molar-refractivity contribution >= 4 is 17.5 Å². The Morgan fingerprint density at radius 3 is 2.59 bits per heavy atom. The summed E-state index contributed by atoms with van der Waals surface area (Å²) in [4.78, 5) is 15.2. The van der Waals surface area contributed by atoms with Crippen LogP contribution in [0.3, 0.4) is 0 Å². The molecule has 156 valence electrons. The SMILES string of the molecule is COc1ccc(OC)c(C(C)NC(=O)C2CCN(Cc3cccc(Cl)c3)CC2)c1. The van der Waals surface area contributed by atoms with Crippen molar-refractivity contribution in [2.45, 2.75) is 32.4 Å². The first-order chi connectivity index (χ1) is 14.0. The van der Waals surface area contributed by atoms with Gasteiger partial charge in [0.1, 0.15) is 11.5 Å². The van der Waals surface area contributed by atoms with Crippen LogP contribution in [0.1, 0.15) is 36.9 Å². The van der Waals surface area contributed by atoms with Crippen molar-refractivity contribution in [1.29, 1.82) is 0 Å². The summed E-state index contributed by atoms with van der Waals surface area (Å²) in [6.45, 7) is 4.65. The number of amides is 1. The summed E-state index contributed by atoms with van der Waals surface area (Å²) < 4.78 is 10.8. The van der Waals surface area contributed by atoms with Crippen LogP contribution in [0.15, 0.2) is 42.5 Å². The molecule has 1 saturated heterocycles. The van der Waals surface area contributed by atoms with E-state index in [1.807, 2.05) is 43.3 Å². The van der Waals surface area contributed by atoms with E-state index in [9.17, 15) is 4.79 Å². The van der Waals surface area contributed by atoms with E-state index in [4.69, 9.17) is 21.1 Å². The van der Waals surface area contributed by atoms with Gasteiger partial charge in [0.15, 0.2) is 0 Å². The lowest BCUT2D eigenvalue weighted by Crippen LogP contribution is -2.40. The lowest BCUT2D eigenvalue weighted by atomic mass is 9.94. The van der Waals surface area contributed by atoms with E-state index in [2.05, 4.69) is 16.3 Å². The number of piperidine rings is 1. The van der Waals surface area contributed by atoms with Gasteiger partial charge in [-0.25, -0.2) is 0 Å². The third kappa shape index (κ3) is 5.64. The Labute approximate surface area is 177 Å². The Bertz CT molecular complexity index is 835. The summed E-state index contributed by atoms with van der Waals surface area (Å²) >= 11 is 6.08. The third-order valence-corrected chi connectivity index (χ3v) is 5.75. The van der Waals surface area contributed by atoms with Gasteiger partial charge in [0.05, 0.1) is 20.3 Å². The lowest BCUT2D eigenvalue weighted by molar-refractivity contribution is -0.127. The summed E-state index contributed by atoms with van der Waals surface area (Å²) in [5.74, 6) is 1.63. The van der Waals surface area contributed by atoms with E-state index < -0.39 is 0 Å². The first kappa shape index (κ1) is 21.5. The number of hydrogen-bond donors (Lipinski definition) is 1. The van der Waals surface area contributed by atoms with Crippen molar-refractivity contribution in [2.75, 3.05) is 27.3 Å². The van der Waals surface area contributed by atoms with Crippen LogP contribution in [0.25, 0.3) is 0 Å². The molecule has 0 bridgehead atoms. The largest absolute Gasteiger partial charge is 0.497 e. The second kappa shape index (κ2) is 9.99. The molecule has 2 aromatic carbocycles. The molecule has 0 radical (unpaired) electrons. The lowest BCUT2D eigenvalue weighted by Gasteiger charge is -2.32. The fourth-order valence-electron chi connectivity index (χ4n) is 3.83. The van der Waals surface area contributed by atoms with Crippen LogP contribution in [0.5, 0.6) is 11.5 Å². The van der Waals surface area contributed by atoms with Crippen LogP contribution < -0.4 is 14.8 Å². The van der Waals surface area contributed by atoms with E-state index in [0.29, 0.717) is 0 Å². The second-order valence-electron chi connectivity index (χ2n) is 7.52. The average Bonchev–Trinajstić information content (AvgIpc) is 2.73. The van der Waals surface area contributed by atoms with E-state index in [1.54, 1.807) is 14.2 Å². The number of carbonyl (C=O) groups is 1. The highest BCUT2D eigenvalue weighted by Gasteiger charge is 2.26. The van der Waals surface area contributed by atoms with E-state index in [-0.39, 0.29) is 17.9 Å². The standard InChI is InChI=1S/C23H29ClN2O3/c1-16(21-14-20(28-2)7-8-22(21)29-3)25-23(27)18-9-11-26(12-10-18)15-17-5-4-6-19(24)13-17/h4-8,13-14,16,18H,9-12,15H2,1-3H3,(H,25,27). The predicted molar refractivity (Wildman–Crippen MR) is 116 cm³/mol. The molecular formula is C23H29ClN2O3. The Morgan fingerprint density at radius 1 is 1.17 bits per heavy atom. The molecule has 1 heterocycles. The van der Waals surface area contributed by atoms with Crippen LogP contribution in [0.4, 0.5) is 0 Å². The van der Waals surface area contributed by atoms with Crippen molar-refractivity contribution in [1.82, 2.24) is 10.2 Å². The van der Waals surface area contributed by atoms with E-state index in [1.165, 1.54) is 5.56 Å². The number of hydrogen-bond acceptors (Lipinski definition) is 4. The molecule has 2 aromatic rings. The Morgan fingerprint density at radius 2 is 1.93 bits per heavy atom. The number of rotatable bonds is 7. The summed E-state index contributed by atoms with van der Waals surface area (Å²) in [5.41, 5.74) is 2.12. The number of nitrogens with zero attached hydrogens (tertiary/aromatic N) is 1. The van der Waals surface area contributed by atoms with Crippen molar-refractivity contribution < 1.29 is 14.3 Å². The number of methoxy groups -OCH3 is 2. The first-order valence-corrected chi connectivity index (χ1v) is 10.4. The molecule has 0 aromatic heterocycles. The highest BCUT2D eigenvalue weighted by atomic mass is 35.5. The van der Waals surface area contributed by atoms with E-state index >= 15 is 0 Å². The van der Waals surface area contributed by atoms with Gasteiger partial charge in [-0.05, 0) is 68.8 Å². The average molecular weight is 417 g/mol. The smallest absolute Gasteiger partial charge is 0.223 e. The molecule has 0 saturated carbocycles. The summed E-state index contributed by atoms with van der Waals surface area (Å²) in [6.07, 6.45) is 1.71. The molecule has 0 spiro atoms. The van der Waals surface area contributed by atoms with Gasteiger partial charge >= 0.3 is 0 Å². The van der Waals surface area contributed by atoms with Crippen LogP contribution in [-0.4, -0.2) is 38.1 Å². The van der Waals surface area contributed by atoms with Crippen LogP contribution in [-0.2, 0) is 11.3 Å². The highest BCUT2D eigenvalue weighted by molar-refractivity contribution is 6.30. The molecule has 3 rings (SSSR count). The summed E-state index contributed by atoms with van der Waals surface area (Å²) in [6, 6.07) is 13.4. The van der Waals surface area contributed by atoms with Crippen molar-refractivity contribution in [3.8, 4) is 11.5 Å². The van der Waals surface area contributed by atoms with Gasteiger partial charge in [-0.1, -0.05) is 23.7 Å². The molecule has 1 fully saturated rings. The minimum atomic E-state index is -0.156. The first-order valence-electron chi connectivity index (χ1n) is 9.99. The molecule has 5 nitrogen and oxygen atoms in total. The molecule has 29 heavy (non-hydrogen) atoms. The van der Waals surface area contributed by atoms with E-state index in [0.717, 1.165) is 54.6 Å². The van der Waals surface area contributed by atoms with Crippen molar-refractivity contribution in [3.05, 3.63) is 58.6 Å². The van der Waals surface area contributed by atoms with Gasteiger partial charge < -0.3 is 14.8 Å². The number of likely N-dealkylation sites (tertiary alicyclic amines) is 1. The second-order valence-corrected chi connectivity index (χ2v) is 7.95. The van der Waals surface area contributed by atoms with Crippen molar-refractivity contribution in [3.63, 3.8) is 0 Å². The molecular weight excluding hydrogens is 388 g/mol. The molecule has 1 aliphatic heterocycles. The Kier molecular flexibility index (Phi) is 7.40. The molecule has 1 atom stereocenters. The number of halogens is 1. The van der Waals surface area contributed by atoms with Crippen LogP contribution >= 0.6 is 11.6 Å². The maximum Gasteiger partial charge on any atom is 0.223 e. The monoisotopic (exact) mass is 416 g/mol. The number of ether oxygens (including phenoxy) is 2. The van der Waals surface area contributed by atoms with Gasteiger partial charge in [0.2, 0.25) is 5.91 Å². The Balaban J connectivity index is 1.54. The summed E-state index contributed by atoms with van der Waals surface area (Å²) in [5, 5.41) is 3.92. The zero-order chi connectivity index (χ0) is 20.8. The fourth-order valence-corrected chi connectivity index (χ4v) is 4.05. The normalized spacial score (nSPS) is 16.3. The quantitative estimate of drug-likeness (QED) is 0.724. The van der Waals surface area contributed by atoms with Crippen molar-refractivity contribution in [2.24, 2.45) is 5.92 Å². The molecule has 1 N–H and O–H groups in total. The molecule has 6 heteroatoms. The molecule has 1 unspecified atom stereocenters. The number of benzene rings is 2. The highest BCUT2D eigenvalue weighted by Crippen LogP contribution is 2.30. The summed E-state index contributed by atoms with van der Waals surface area (Å²) in [7, 11) is 3.27. The zero-order valence-electron chi connectivity index (χ0n) is 17.3. The third-order valence-electron chi connectivity index (χ3n) is 5.52. The molecule has 1 aliphatic rings. The van der Waals surface area contributed by atoms with Gasteiger partial charge in [0.25, 0.3) is 0 Å².